The third kappa shape index (κ3) is 5.39. The zero-order valence-electron chi connectivity index (χ0n) is 18.4. The summed E-state index contributed by atoms with van der Waals surface area (Å²) in [5.41, 5.74) is 9.86. The summed E-state index contributed by atoms with van der Waals surface area (Å²) in [6.45, 7) is 12.9. The minimum Gasteiger partial charge on any atom is -0.490 e. The van der Waals surface area contributed by atoms with Crippen LogP contribution in [-0.2, 0) is 0 Å². The van der Waals surface area contributed by atoms with Gasteiger partial charge in [-0.1, -0.05) is 17.7 Å². The summed E-state index contributed by atoms with van der Waals surface area (Å²) in [5, 5.41) is 7.16. The Morgan fingerprint density at radius 3 is 2.50 bits per heavy atom. The number of hydrogen-bond donors (Lipinski definition) is 1. The minimum atomic E-state index is 0.0882. The van der Waals surface area contributed by atoms with Gasteiger partial charge in [-0.3, -0.25) is 5.43 Å². The van der Waals surface area contributed by atoms with Gasteiger partial charge in [0, 0.05) is 10.9 Å². The molecule has 0 saturated carbocycles. The van der Waals surface area contributed by atoms with E-state index in [1.807, 2.05) is 39.0 Å². The Balaban J connectivity index is 1.73. The monoisotopic (exact) mass is 423 g/mol. The summed E-state index contributed by atoms with van der Waals surface area (Å²) in [6.07, 6.45) is 1.84. The molecule has 0 saturated heterocycles. The van der Waals surface area contributed by atoms with Crippen molar-refractivity contribution in [3.05, 3.63) is 58.0 Å². The van der Waals surface area contributed by atoms with Gasteiger partial charge in [0.1, 0.15) is 0 Å². The first-order valence-corrected chi connectivity index (χ1v) is 11.0. The van der Waals surface area contributed by atoms with Crippen molar-refractivity contribution in [3.63, 3.8) is 0 Å². The Morgan fingerprint density at radius 1 is 1.10 bits per heavy atom. The lowest BCUT2D eigenvalue weighted by Gasteiger charge is -2.14. The highest BCUT2D eigenvalue weighted by Gasteiger charge is 2.11. The number of nitrogens with one attached hydrogen (secondary N) is 1. The van der Waals surface area contributed by atoms with Crippen LogP contribution in [0, 0.1) is 20.8 Å². The van der Waals surface area contributed by atoms with E-state index in [1.54, 1.807) is 17.6 Å². The summed E-state index contributed by atoms with van der Waals surface area (Å²) in [7, 11) is 0. The molecule has 0 radical (unpaired) electrons. The molecule has 3 aromatic rings. The van der Waals surface area contributed by atoms with Gasteiger partial charge >= 0.3 is 0 Å². The van der Waals surface area contributed by atoms with E-state index < -0.39 is 0 Å². The van der Waals surface area contributed by atoms with E-state index in [2.05, 4.69) is 48.8 Å². The van der Waals surface area contributed by atoms with Crippen LogP contribution >= 0.6 is 11.3 Å². The number of rotatable bonds is 8. The maximum atomic E-state index is 5.80. The first-order valence-electron chi connectivity index (χ1n) is 10.1. The Labute approximate surface area is 182 Å². The molecule has 0 atom stereocenters. The van der Waals surface area contributed by atoms with Crippen LogP contribution in [0.15, 0.2) is 40.8 Å². The summed E-state index contributed by atoms with van der Waals surface area (Å²) >= 11 is 1.54. The van der Waals surface area contributed by atoms with E-state index in [1.165, 1.54) is 22.3 Å². The third-order valence-electron chi connectivity index (χ3n) is 4.44. The van der Waals surface area contributed by atoms with Crippen LogP contribution in [0.25, 0.3) is 11.3 Å². The topological polar surface area (TPSA) is 55.7 Å². The van der Waals surface area contributed by atoms with E-state index >= 15 is 0 Å². The summed E-state index contributed by atoms with van der Waals surface area (Å²) in [4.78, 5) is 4.71. The molecule has 0 aliphatic carbocycles. The van der Waals surface area contributed by atoms with Crippen molar-refractivity contribution in [2.45, 2.75) is 47.6 Å². The van der Waals surface area contributed by atoms with E-state index in [0.29, 0.717) is 6.61 Å². The van der Waals surface area contributed by atoms with Crippen molar-refractivity contribution >= 4 is 22.7 Å². The van der Waals surface area contributed by atoms with Gasteiger partial charge in [-0.2, -0.15) is 5.10 Å². The van der Waals surface area contributed by atoms with Gasteiger partial charge in [0.25, 0.3) is 0 Å². The van der Waals surface area contributed by atoms with Gasteiger partial charge < -0.3 is 9.47 Å². The molecule has 2 aromatic carbocycles. The predicted molar refractivity (Wildman–Crippen MR) is 126 cm³/mol. The Morgan fingerprint density at radius 2 is 1.83 bits per heavy atom. The highest BCUT2D eigenvalue weighted by Crippen LogP contribution is 2.31. The van der Waals surface area contributed by atoms with Gasteiger partial charge in [0.05, 0.1) is 24.6 Å². The van der Waals surface area contributed by atoms with E-state index in [4.69, 9.17) is 14.5 Å². The van der Waals surface area contributed by atoms with Gasteiger partial charge in [0.2, 0.25) is 5.13 Å². The second kappa shape index (κ2) is 9.76. The molecular weight excluding hydrogens is 394 g/mol. The lowest BCUT2D eigenvalue weighted by molar-refractivity contribution is 0.224. The number of aryl methyl sites for hydroxylation is 3. The first kappa shape index (κ1) is 21.8. The molecule has 30 heavy (non-hydrogen) atoms. The second-order valence-electron chi connectivity index (χ2n) is 7.49. The van der Waals surface area contributed by atoms with Gasteiger partial charge in [-0.05, 0) is 76.4 Å². The van der Waals surface area contributed by atoms with Crippen molar-refractivity contribution < 1.29 is 9.47 Å². The highest BCUT2D eigenvalue weighted by atomic mass is 32.1. The van der Waals surface area contributed by atoms with Crippen LogP contribution in [0.1, 0.15) is 43.0 Å². The summed E-state index contributed by atoms with van der Waals surface area (Å²) in [6, 6.07) is 10.2. The van der Waals surface area contributed by atoms with Crippen LogP contribution in [0.4, 0.5) is 5.13 Å². The highest BCUT2D eigenvalue weighted by molar-refractivity contribution is 7.14. The van der Waals surface area contributed by atoms with Gasteiger partial charge in [0.15, 0.2) is 11.5 Å². The van der Waals surface area contributed by atoms with E-state index in [-0.39, 0.29) is 6.10 Å². The number of hydrogen-bond acceptors (Lipinski definition) is 6. The van der Waals surface area contributed by atoms with Crippen LogP contribution in [0.5, 0.6) is 11.5 Å². The number of anilines is 1. The molecule has 0 bridgehead atoms. The molecule has 0 spiro atoms. The lowest BCUT2D eigenvalue weighted by atomic mass is 9.98. The van der Waals surface area contributed by atoms with E-state index in [0.717, 1.165) is 27.9 Å². The quantitative estimate of drug-likeness (QED) is 0.338. The van der Waals surface area contributed by atoms with Crippen molar-refractivity contribution in [1.82, 2.24) is 4.98 Å². The Kier molecular flexibility index (Phi) is 7.11. The molecule has 0 aliphatic rings. The van der Waals surface area contributed by atoms with Crippen LogP contribution in [0.3, 0.4) is 0 Å². The van der Waals surface area contributed by atoms with Crippen LogP contribution in [-0.4, -0.2) is 23.9 Å². The fraction of sp³-hybridized carbons (Fsp3) is 0.333. The normalized spacial score (nSPS) is 11.3. The number of thiazole rings is 1. The zero-order valence-corrected chi connectivity index (χ0v) is 19.3. The largest absolute Gasteiger partial charge is 0.490 e. The Hall–Kier alpha value is -2.86. The predicted octanol–water partition coefficient (Wildman–Crippen LogP) is 6.37. The number of ether oxygens (including phenoxy) is 2. The molecular formula is C24H29N3O2S. The molecule has 0 aliphatic heterocycles. The van der Waals surface area contributed by atoms with Crippen molar-refractivity contribution in [2.24, 2.45) is 5.10 Å². The molecule has 0 unspecified atom stereocenters. The summed E-state index contributed by atoms with van der Waals surface area (Å²) < 4.78 is 11.5. The second-order valence-corrected chi connectivity index (χ2v) is 8.35. The van der Waals surface area contributed by atoms with Crippen molar-refractivity contribution in [2.75, 3.05) is 12.0 Å². The summed E-state index contributed by atoms with van der Waals surface area (Å²) in [5.74, 6) is 1.46. The van der Waals surface area contributed by atoms with Crippen LogP contribution in [0.2, 0.25) is 0 Å². The average molecular weight is 424 g/mol. The first-order chi connectivity index (χ1) is 14.4. The molecule has 0 amide bonds. The van der Waals surface area contributed by atoms with Gasteiger partial charge in [-0.15, -0.1) is 11.3 Å². The van der Waals surface area contributed by atoms with Crippen molar-refractivity contribution in [1.29, 1.82) is 0 Å². The zero-order chi connectivity index (χ0) is 21.7. The minimum absolute atomic E-state index is 0.0882. The number of hydrazone groups is 1. The number of benzene rings is 2. The Bertz CT molecular complexity index is 1020. The van der Waals surface area contributed by atoms with Crippen LogP contribution < -0.4 is 14.9 Å². The fourth-order valence-corrected chi connectivity index (χ4v) is 4.06. The molecule has 5 nitrogen and oxygen atoms in total. The molecule has 1 N–H and O–H groups in total. The third-order valence-corrected chi connectivity index (χ3v) is 5.19. The van der Waals surface area contributed by atoms with Gasteiger partial charge in [-0.25, -0.2) is 4.98 Å². The number of aromatic nitrogens is 1. The smallest absolute Gasteiger partial charge is 0.203 e. The molecule has 158 valence electrons. The van der Waals surface area contributed by atoms with Crippen molar-refractivity contribution in [3.8, 4) is 22.8 Å². The SMILES string of the molecule is CCOc1cc(/C=N\Nc2nc(-c3c(C)cc(C)cc3C)cs2)ccc1OC(C)C. The average Bonchev–Trinajstić information content (AvgIpc) is 3.11. The maximum absolute atomic E-state index is 5.80. The standard InChI is InChI=1S/C24H29N3O2S/c1-7-28-22-12-19(8-9-21(22)29-15(2)3)13-25-27-24-26-20(14-30-24)23-17(5)10-16(4)11-18(23)6/h8-15H,7H2,1-6H3,(H,26,27)/b25-13-. The molecule has 3 rings (SSSR count). The molecule has 6 heteroatoms. The van der Waals surface area contributed by atoms with E-state index in [9.17, 15) is 0 Å². The molecule has 1 heterocycles. The molecule has 1 aromatic heterocycles. The number of nitrogens with zero attached hydrogens (tertiary/aromatic N) is 2. The lowest BCUT2D eigenvalue weighted by Crippen LogP contribution is -2.07. The molecule has 0 fully saturated rings. The maximum Gasteiger partial charge on any atom is 0.203 e. The fourth-order valence-electron chi connectivity index (χ4n) is 3.41.